The number of likely N-dealkylation sites (N-methyl/N-ethyl adjacent to an activating group) is 1. The van der Waals surface area contributed by atoms with Gasteiger partial charge in [-0.25, -0.2) is 0 Å². The molecular formula is C15H22BrN. The van der Waals surface area contributed by atoms with Crippen LogP contribution in [0.25, 0.3) is 0 Å². The summed E-state index contributed by atoms with van der Waals surface area (Å²) in [6.07, 6.45) is 0. The topological polar surface area (TPSA) is 3.24 Å². The first-order valence-electron chi connectivity index (χ1n) is 6.18. The summed E-state index contributed by atoms with van der Waals surface area (Å²) in [4.78, 5) is 2.41. The van der Waals surface area contributed by atoms with Gasteiger partial charge in [-0.2, -0.15) is 0 Å². The SMILES string of the molecule is CN1CC(C)(C)c2cc(Br)cc(C(C)(C)C)c21. The number of hydrogen-bond acceptors (Lipinski definition) is 1. The maximum absolute atomic E-state index is 3.66. The van der Waals surface area contributed by atoms with Gasteiger partial charge in [-0.1, -0.05) is 50.5 Å². The molecule has 0 amide bonds. The first-order valence-corrected chi connectivity index (χ1v) is 6.98. The molecule has 1 aliphatic rings. The fourth-order valence-corrected chi connectivity index (χ4v) is 3.31. The highest BCUT2D eigenvalue weighted by Gasteiger charge is 2.37. The number of fused-ring (bicyclic) bond motifs is 1. The Morgan fingerprint density at radius 2 is 1.82 bits per heavy atom. The third kappa shape index (κ3) is 2.12. The van der Waals surface area contributed by atoms with Crippen LogP contribution in [-0.2, 0) is 10.8 Å². The van der Waals surface area contributed by atoms with Crippen molar-refractivity contribution in [2.45, 2.75) is 45.4 Å². The molecule has 0 radical (unpaired) electrons. The van der Waals surface area contributed by atoms with E-state index in [-0.39, 0.29) is 10.8 Å². The van der Waals surface area contributed by atoms with E-state index in [0.29, 0.717) is 0 Å². The van der Waals surface area contributed by atoms with Gasteiger partial charge in [0.15, 0.2) is 0 Å². The summed E-state index contributed by atoms with van der Waals surface area (Å²) in [5.74, 6) is 0. The number of anilines is 1. The fraction of sp³-hybridized carbons (Fsp3) is 0.600. The van der Waals surface area contributed by atoms with E-state index in [1.54, 1.807) is 0 Å². The Balaban J connectivity index is 2.74. The van der Waals surface area contributed by atoms with Crippen LogP contribution in [0, 0.1) is 0 Å². The summed E-state index contributed by atoms with van der Waals surface area (Å²) in [7, 11) is 2.21. The molecule has 0 fully saturated rings. The highest BCUT2D eigenvalue weighted by atomic mass is 79.9. The lowest BCUT2D eigenvalue weighted by molar-refractivity contribution is 0.563. The highest BCUT2D eigenvalue weighted by molar-refractivity contribution is 9.10. The predicted octanol–water partition coefficient (Wildman–Crippen LogP) is 4.47. The van der Waals surface area contributed by atoms with Crippen molar-refractivity contribution >= 4 is 21.6 Å². The van der Waals surface area contributed by atoms with Crippen LogP contribution < -0.4 is 4.90 Å². The summed E-state index contributed by atoms with van der Waals surface area (Å²) in [6, 6.07) is 4.56. The second kappa shape index (κ2) is 3.74. The third-order valence-electron chi connectivity index (χ3n) is 3.63. The lowest BCUT2D eigenvalue weighted by Gasteiger charge is -2.26. The molecule has 0 saturated carbocycles. The van der Waals surface area contributed by atoms with Crippen LogP contribution in [0.15, 0.2) is 16.6 Å². The van der Waals surface area contributed by atoms with Gasteiger partial charge in [-0.05, 0) is 28.7 Å². The Bertz CT molecular complexity index is 455. The van der Waals surface area contributed by atoms with E-state index < -0.39 is 0 Å². The molecule has 1 aromatic rings. The summed E-state index contributed by atoms with van der Waals surface area (Å²) in [5.41, 5.74) is 4.77. The molecule has 0 spiro atoms. The van der Waals surface area contributed by atoms with Crippen molar-refractivity contribution in [1.82, 2.24) is 0 Å². The van der Waals surface area contributed by atoms with Gasteiger partial charge in [0.25, 0.3) is 0 Å². The zero-order valence-electron chi connectivity index (χ0n) is 11.7. The van der Waals surface area contributed by atoms with Crippen molar-refractivity contribution in [3.8, 4) is 0 Å². The average Bonchev–Trinajstić information content (AvgIpc) is 2.34. The molecule has 0 unspecified atom stereocenters. The molecule has 17 heavy (non-hydrogen) atoms. The Hall–Kier alpha value is -0.500. The lowest BCUT2D eigenvalue weighted by Crippen LogP contribution is -2.25. The summed E-state index contributed by atoms with van der Waals surface area (Å²) in [6.45, 7) is 12.6. The van der Waals surface area contributed by atoms with Crippen molar-refractivity contribution in [2.24, 2.45) is 0 Å². The van der Waals surface area contributed by atoms with E-state index in [1.807, 2.05) is 0 Å². The number of hydrogen-bond donors (Lipinski definition) is 0. The third-order valence-corrected chi connectivity index (χ3v) is 4.08. The van der Waals surface area contributed by atoms with Gasteiger partial charge in [0, 0.05) is 29.2 Å². The first kappa shape index (κ1) is 12.9. The van der Waals surface area contributed by atoms with Gasteiger partial charge in [0.2, 0.25) is 0 Å². The second-order valence-corrected chi connectivity index (χ2v) is 7.76. The molecule has 2 heteroatoms. The van der Waals surface area contributed by atoms with Crippen molar-refractivity contribution in [1.29, 1.82) is 0 Å². The maximum Gasteiger partial charge on any atom is 0.0441 e. The maximum atomic E-state index is 3.66. The molecule has 1 nitrogen and oxygen atoms in total. The normalized spacial score (nSPS) is 18.4. The largest absolute Gasteiger partial charge is 0.373 e. The summed E-state index contributed by atoms with van der Waals surface area (Å²) in [5, 5.41) is 0. The smallest absolute Gasteiger partial charge is 0.0441 e. The van der Waals surface area contributed by atoms with Crippen LogP contribution in [0.3, 0.4) is 0 Å². The van der Waals surface area contributed by atoms with Crippen LogP contribution in [0.4, 0.5) is 5.69 Å². The number of rotatable bonds is 0. The molecule has 0 saturated heterocycles. The first-order chi connectivity index (χ1) is 7.63. The standard InChI is InChI=1S/C15H22BrN/c1-14(2,3)11-7-10(16)8-12-13(11)17(6)9-15(12,4)5/h7-8H,9H2,1-6H3. The molecule has 0 aliphatic carbocycles. The predicted molar refractivity (Wildman–Crippen MR) is 79.1 cm³/mol. The second-order valence-electron chi connectivity index (χ2n) is 6.84. The van der Waals surface area contributed by atoms with E-state index in [2.05, 4.69) is 74.6 Å². The van der Waals surface area contributed by atoms with E-state index in [0.717, 1.165) is 6.54 Å². The Morgan fingerprint density at radius 3 is 2.35 bits per heavy atom. The van der Waals surface area contributed by atoms with Crippen molar-refractivity contribution < 1.29 is 0 Å². The van der Waals surface area contributed by atoms with Crippen LogP contribution in [0.2, 0.25) is 0 Å². The zero-order valence-corrected chi connectivity index (χ0v) is 13.3. The monoisotopic (exact) mass is 295 g/mol. The zero-order chi connectivity index (χ0) is 13.0. The van der Waals surface area contributed by atoms with Gasteiger partial charge in [-0.15, -0.1) is 0 Å². The lowest BCUT2D eigenvalue weighted by atomic mass is 9.80. The summed E-state index contributed by atoms with van der Waals surface area (Å²) >= 11 is 3.66. The number of nitrogens with zero attached hydrogens (tertiary/aromatic N) is 1. The van der Waals surface area contributed by atoms with Crippen LogP contribution in [0.1, 0.15) is 45.7 Å². The minimum Gasteiger partial charge on any atom is -0.373 e. The highest BCUT2D eigenvalue weighted by Crippen LogP contribution is 2.46. The average molecular weight is 296 g/mol. The Labute approximate surface area is 113 Å². The van der Waals surface area contributed by atoms with Gasteiger partial charge in [0.1, 0.15) is 0 Å². The van der Waals surface area contributed by atoms with Gasteiger partial charge >= 0.3 is 0 Å². The van der Waals surface area contributed by atoms with Crippen LogP contribution >= 0.6 is 15.9 Å². The molecule has 0 atom stereocenters. The minimum atomic E-state index is 0.183. The molecule has 94 valence electrons. The molecule has 1 aliphatic heterocycles. The van der Waals surface area contributed by atoms with E-state index in [1.165, 1.54) is 21.3 Å². The molecule has 0 aromatic heterocycles. The van der Waals surface area contributed by atoms with E-state index >= 15 is 0 Å². The van der Waals surface area contributed by atoms with Gasteiger partial charge < -0.3 is 4.90 Å². The van der Waals surface area contributed by atoms with Gasteiger partial charge in [-0.3, -0.25) is 0 Å². The molecule has 0 bridgehead atoms. The van der Waals surface area contributed by atoms with Crippen LogP contribution in [-0.4, -0.2) is 13.6 Å². The summed E-state index contributed by atoms with van der Waals surface area (Å²) < 4.78 is 1.20. The van der Waals surface area contributed by atoms with Gasteiger partial charge in [0.05, 0.1) is 0 Å². The Kier molecular flexibility index (Phi) is 2.85. The molecular weight excluding hydrogens is 274 g/mol. The molecule has 0 N–H and O–H groups in total. The minimum absolute atomic E-state index is 0.183. The number of halogens is 1. The molecule has 1 aromatic carbocycles. The Morgan fingerprint density at radius 1 is 1.24 bits per heavy atom. The molecule has 2 rings (SSSR count). The molecule has 1 heterocycles. The van der Waals surface area contributed by atoms with Crippen molar-refractivity contribution in [3.05, 3.63) is 27.7 Å². The quantitative estimate of drug-likeness (QED) is 0.682. The fourth-order valence-electron chi connectivity index (χ4n) is 2.86. The number of benzene rings is 1. The van der Waals surface area contributed by atoms with E-state index in [9.17, 15) is 0 Å². The van der Waals surface area contributed by atoms with Crippen LogP contribution in [0.5, 0.6) is 0 Å². The van der Waals surface area contributed by atoms with Crippen molar-refractivity contribution in [2.75, 3.05) is 18.5 Å². The van der Waals surface area contributed by atoms with Crippen molar-refractivity contribution in [3.63, 3.8) is 0 Å². The van der Waals surface area contributed by atoms with E-state index in [4.69, 9.17) is 0 Å².